The summed E-state index contributed by atoms with van der Waals surface area (Å²) in [5.41, 5.74) is -0.0868. The minimum Gasteiger partial charge on any atom is -0.396 e. The van der Waals surface area contributed by atoms with Crippen LogP contribution in [-0.4, -0.2) is 52.5 Å². The molecule has 2 aliphatic rings. The highest BCUT2D eigenvalue weighted by molar-refractivity contribution is 5.48. The van der Waals surface area contributed by atoms with E-state index in [-0.39, 0.29) is 18.1 Å². The SMILES string of the molecule is CC1(CNc2cc(N3CCCC(CO)C3)ncn2)CCCCC1O. The predicted molar refractivity (Wildman–Crippen MR) is 95.1 cm³/mol. The number of rotatable bonds is 5. The van der Waals surface area contributed by atoms with Gasteiger partial charge in [-0.25, -0.2) is 9.97 Å². The first-order valence-electron chi connectivity index (χ1n) is 9.20. The number of aliphatic hydroxyl groups excluding tert-OH is 2. The van der Waals surface area contributed by atoms with E-state index in [0.717, 1.165) is 63.4 Å². The van der Waals surface area contributed by atoms with Gasteiger partial charge in [-0.2, -0.15) is 0 Å². The summed E-state index contributed by atoms with van der Waals surface area (Å²) in [6, 6.07) is 1.98. The molecule has 1 aliphatic carbocycles. The van der Waals surface area contributed by atoms with Crippen LogP contribution in [-0.2, 0) is 0 Å². The van der Waals surface area contributed by atoms with Gasteiger partial charge in [-0.05, 0) is 31.6 Å². The van der Waals surface area contributed by atoms with Crippen molar-refractivity contribution in [3.63, 3.8) is 0 Å². The molecule has 134 valence electrons. The van der Waals surface area contributed by atoms with Crippen molar-refractivity contribution in [2.75, 3.05) is 36.5 Å². The average molecular weight is 334 g/mol. The Hall–Kier alpha value is -1.40. The monoisotopic (exact) mass is 334 g/mol. The Balaban J connectivity index is 1.63. The van der Waals surface area contributed by atoms with Gasteiger partial charge in [0, 0.05) is 37.7 Å². The van der Waals surface area contributed by atoms with E-state index < -0.39 is 0 Å². The number of nitrogens with one attached hydrogen (secondary N) is 1. The molecule has 1 aromatic heterocycles. The molecule has 0 bridgehead atoms. The van der Waals surface area contributed by atoms with Gasteiger partial charge in [-0.15, -0.1) is 0 Å². The summed E-state index contributed by atoms with van der Waals surface area (Å²) in [7, 11) is 0. The highest BCUT2D eigenvalue weighted by Crippen LogP contribution is 2.36. The van der Waals surface area contributed by atoms with Crippen molar-refractivity contribution in [3.05, 3.63) is 12.4 Å². The van der Waals surface area contributed by atoms with Crippen LogP contribution in [0.15, 0.2) is 12.4 Å². The summed E-state index contributed by atoms with van der Waals surface area (Å²) in [6.07, 6.45) is 7.76. The Labute approximate surface area is 144 Å². The second-order valence-electron chi connectivity index (χ2n) is 7.67. The van der Waals surface area contributed by atoms with Crippen LogP contribution in [0.3, 0.4) is 0 Å². The molecule has 6 heteroatoms. The van der Waals surface area contributed by atoms with Crippen LogP contribution >= 0.6 is 0 Å². The Morgan fingerprint density at radius 3 is 2.96 bits per heavy atom. The topological polar surface area (TPSA) is 81.5 Å². The van der Waals surface area contributed by atoms with E-state index in [1.165, 1.54) is 6.42 Å². The van der Waals surface area contributed by atoms with Gasteiger partial charge in [0.1, 0.15) is 18.0 Å². The van der Waals surface area contributed by atoms with Crippen molar-refractivity contribution in [3.8, 4) is 0 Å². The molecular weight excluding hydrogens is 304 g/mol. The highest BCUT2D eigenvalue weighted by atomic mass is 16.3. The molecule has 0 radical (unpaired) electrons. The number of anilines is 2. The van der Waals surface area contributed by atoms with Crippen molar-refractivity contribution in [1.29, 1.82) is 0 Å². The van der Waals surface area contributed by atoms with Crippen LogP contribution < -0.4 is 10.2 Å². The number of hydrogen-bond donors (Lipinski definition) is 3. The number of piperidine rings is 1. The van der Waals surface area contributed by atoms with Gasteiger partial charge in [0.25, 0.3) is 0 Å². The molecule has 3 unspecified atom stereocenters. The predicted octanol–water partition coefficient (Wildman–Crippen LogP) is 2.04. The standard InChI is InChI=1S/C18H30N4O2/c1-18(7-3-2-6-15(18)24)12-19-16-9-17(21-13-20-16)22-8-4-5-14(10-22)11-23/h9,13-15,23-24H,2-8,10-12H2,1H3,(H,19,20,21). The first-order valence-corrected chi connectivity index (χ1v) is 9.20. The lowest BCUT2D eigenvalue weighted by Crippen LogP contribution is -2.41. The molecule has 3 atom stereocenters. The maximum atomic E-state index is 10.3. The largest absolute Gasteiger partial charge is 0.396 e. The maximum absolute atomic E-state index is 10.3. The van der Waals surface area contributed by atoms with Crippen LogP contribution in [0.25, 0.3) is 0 Å². The number of aromatic nitrogens is 2. The highest BCUT2D eigenvalue weighted by Gasteiger charge is 2.35. The van der Waals surface area contributed by atoms with Gasteiger partial charge in [0.2, 0.25) is 0 Å². The Morgan fingerprint density at radius 1 is 1.29 bits per heavy atom. The number of nitrogens with zero attached hydrogens (tertiary/aromatic N) is 3. The first-order chi connectivity index (χ1) is 11.6. The zero-order chi connectivity index (χ0) is 17.0. The molecule has 1 saturated heterocycles. The molecule has 1 saturated carbocycles. The third-order valence-electron chi connectivity index (χ3n) is 5.71. The smallest absolute Gasteiger partial charge is 0.134 e. The number of hydrogen-bond acceptors (Lipinski definition) is 6. The van der Waals surface area contributed by atoms with E-state index in [9.17, 15) is 10.2 Å². The number of aliphatic hydroxyl groups is 2. The second kappa shape index (κ2) is 7.66. The molecule has 0 amide bonds. The van der Waals surface area contributed by atoms with Crippen LogP contribution in [0.1, 0.15) is 45.4 Å². The van der Waals surface area contributed by atoms with Gasteiger partial charge in [-0.1, -0.05) is 19.8 Å². The second-order valence-corrected chi connectivity index (χ2v) is 7.67. The van der Waals surface area contributed by atoms with Crippen LogP contribution in [0.2, 0.25) is 0 Å². The molecule has 3 N–H and O–H groups in total. The molecule has 1 aromatic rings. The molecule has 0 aromatic carbocycles. The van der Waals surface area contributed by atoms with Gasteiger partial charge in [0.15, 0.2) is 0 Å². The Kier molecular flexibility index (Phi) is 5.56. The maximum Gasteiger partial charge on any atom is 0.134 e. The summed E-state index contributed by atoms with van der Waals surface area (Å²) in [6.45, 7) is 4.95. The van der Waals surface area contributed by atoms with E-state index in [4.69, 9.17) is 0 Å². The van der Waals surface area contributed by atoms with Crippen molar-refractivity contribution in [2.45, 2.75) is 51.6 Å². The zero-order valence-corrected chi connectivity index (χ0v) is 14.6. The van der Waals surface area contributed by atoms with Gasteiger partial charge >= 0.3 is 0 Å². The van der Waals surface area contributed by atoms with Crippen molar-refractivity contribution >= 4 is 11.6 Å². The van der Waals surface area contributed by atoms with Crippen molar-refractivity contribution < 1.29 is 10.2 Å². The molecule has 1 aliphatic heterocycles. The van der Waals surface area contributed by atoms with Gasteiger partial charge in [-0.3, -0.25) is 0 Å². The van der Waals surface area contributed by atoms with E-state index in [0.29, 0.717) is 5.92 Å². The first kappa shape index (κ1) is 17.4. The molecule has 2 fully saturated rings. The molecule has 24 heavy (non-hydrogen) atoms. The van der Waals surface area contributed by atoms with E-state index >= 15 is 0 Å². The summed E-state index contributed by atoms with van der Waals surface area (Å²) < 4.78 is 0. The summed E-state index contributed by atoms with van der Waals surface area (Å²) in [5.74, 6) is 2.06. The zero-order valence-electron chi connectivity index (χ0n) is 14.6. The lowest BCUT2D eigenvalue weighted by atomic mass is 9.73. The lowest BCUT2D eigenvalue weighted by molar-refractivity contribution is 0.00958. The van der Waals surface area contributed by atoms with E-state index in [2.05, 4.69) is 27.1 Å². The van der Waals surface area contributed by atoms with Gasteiger partial charge < -0.3 is 20.4 Å². The third-order valence-corrected chi connectivity index (χ3v) is 5.71. The van der Waals surface area contributed by atoms with Crippen molar-refractivity contribution in [2.24, 2.45) is 11.3 Å². The van der Waals surface area contributed by atoms with Gasteiger partial charge in [0.05, 0.1) is 6.10 Å². The van der Waals surface area contributed by atoms with Crippen LogP contribution in [0.4, 0.5) is 11.6 Å². The third kappa shape index (κ3) is 3.98. The molecule has 2 heterocycles. The van der Waals surface area contributed by atoms with E-state index in [1.807, 2.05) is 6.07 Å². The van der Waals surface area contributed by atoms with E-state index in [1.54, 1.807) is 6.33 Å². The fourth-order valence-corrected chi connectivity index (χ4v) is 3.92. The molecular formula is C18H30N4O2. The minimum absolute atomic E-state index is 0.0868. The molecule has 3 rings (SSSR count). The summed E-state index contributed by atoms with van der Waals surface area (Å²) >= 11 is 0. The van der Waals surface area contributed by atoms with Crippen LogP contribution in [0, 0.1) is 11.3 Å². The molecule has 6 nitrogen and oxygen atoms in total. The lowest BCUT2D eigenvalue weighted by Gasteiger charge is -2.38. The minimum atomic E-state index is -0.243. The summed E-state index contributed by atoms with van der Waals surface area (Å²) in [5, 5.41) is 23.1. The quantitative estimate of drug-likeness (QED) is 0.764. The summed E-state index contributed by atoms with van der Waals surface area (Å²) in [4.78, 5) is 11.0. The Morgan fingerprint density at radius 2 is 2.17 bits per heavy atom. The fourth-order valence-electron chi connectivity index (χ4n) is 3.92. The fraction of sp³-hybridized carbons (Fsp3) is 0.778. The molecule has 0 spiro atoms. The van der Waals surface area contributed by atoms with Crippen LogP contribution in [0.5, 0.6) is 0 Å². The normalized spacial score (nSPS) is 31.0. The average Bonchev–Trinajstić information content (AvgIpc) is 2.63. The van der Waals surface area contributed by atoms with Crippen molar-refractivity contribution in [1.82, 2.24) is 9.97 Å². The Bertz CT molecular complexity index is 542.